The first kappa shape index (κ1) is 17.8. The number of furan rings is 1. The molecule has 2 heterocycles. The zero-order valence-corrected chi connectivity index (χ0v) is 15.8. The number of thioether (sulfide) groups is 1. The lowest BCUT2D eigenvalue weighted by atomic mass is 10.1. The van der Waals surface area contributed by atoms with Crippen LogP contribution in [0.15, 0.2) is 57.4 Å². The fourth-order valence-corrected chi connectivity index (χ4v) is 3.93. The van der Waals surface area contributed by atoms with E-state index in [-0.39, 0.29) is 11.9 Å². The Balaban J connectivity index is 1.51. The van der Waals surface area contributed by atoms with Crippen molar-refractivity contribution in [1.29, 1.82) is 0 Å². The molecule has 3 rings (SSSR count). The van der Waals surface area contributed by atoms with E-state index in [1.807, 2.05) is 50.2 Å². The minimum Gasteiger partial charge on any atom is -0.469 e. The molecule has 1 unspecified atom stereocenters. The Hall–Kier alpha value is -2.05. The van der Waals surface area contributed by atoms with Gasteiger partial charge in [0.05, 0.1) is 17.0 Å². The fraction of sp³-hybridized carbons (Fsp3) is 0.263. The summed E-state index contributed by atoms with van der Waals surface area (Å²) in [6.07, 6.45) is 2.33. The zero-order valence-electron chi connectivity index (χ0n) is 14.2. The van der Waals surface area contributed by atoms with Gasteiger partial charge in [-0.3, -0.25) is 4.79 Å². The molecule has 1 atom stereocenters. The maximum atomic E-state index is 12.3. The zero-order chi connectivity index (χ0) is 17.6. The molecule has 1 amide bonds. The highest BCUT2D eigenvalue weighted by Crippen LogP contribution is 2.23. The minimum absolute atomic E-state index is 0.0145. The second-order valence-electron chi connectivity index (χ2n) is 5.83. The van der Waals surface area contributed by atoms with E-state index < -0.39 is 0 Å². The van der Waals surface area contributed by atoms with Crippen LogP contribution in [0.4, 0.5) is 0 Å². The third-order valence-corrected chi connectivity index (χ3v) is 5.50. The monoisotopic (exact) mass is 372 g/mol. The fourth-order valence-electron chi connectivity index (χ4n) is 2.42. The molecule has 130 valence electrons. The van der Waals surface area contributed by atoms with Crippen LogP contribution in [0.25, 0.3) is 0 Å². The first-order valence-electron chi connectivity index (χ1n) is 8.07. The summed E-state index contributed by atoms with van der Waals surface area (Å²) in [5.74, 6) is 1.65. The Bertz CT molecular complexity index is 810. The van der Waals surface area contributed by atoms with Crippen LogP contribution in [0.5, 0.6) is 0 Å². The van der Waals surface area contributed by atoms with Gasteiger partial charge in [0.25, 0.3) is 5.91 Å². The summed E-state index contributed by atoms with van der Waals surface area (Å²) in [6.45, 7) is 3.99. The number of rotatable bonds is 7. The number of aryl methyl sites for hydroxylation is 1. The van der Waals surface area contributed by atoms with Gasteiger partial charge < -0.3 is 9.73 Å². The summed E-state index contributed by atoms with van der Waals surface area (Å²) in [6, 6.07) is 11.5. The molecule has 1 aromatic carbocycles. The van der Waals surface area contributed by atoms with Crippen molar-refractivity contribution in [3.05, 3.63) is 70.1 Å². The molecule has 0 fully saturated rings. The van der Waals surface area contributed by atoms with Gasteiger partial charge in [-0.05, 0) is 50.2 Å². The number of carbonyl (C=O) groups is 1. The summed E-state index contributed by atoms with van der Waals surface area (Å²) in [4.78, 5) is 17.9. The average molecular weight is 373 g/mol. The summed E-state index contributed by atoms with van der Waals surface area (Å²) >= 11 is 3.39. The lowest BCUT2D eigenvalue weighted by Gasteiger charge is -2.12. The average Bonchev–Trinajstić information content (AvgIpc) is 3.25. The summed E-state index contributed by atoms with van der Waals surface area (Å²) in [5.41, 5.74) is 1.77. The molecule has 0 radical (unpaired) electrons. The Labute approximate surface area is 155 Å². The molecule has 4 nitrogen and oxygen atoms in total. The van der Waals surface area contributed by atoms with E-state index in [0.29, 0.717) is 12.0 Å². The standard InChI is InChI=1S/C19H20N2O2S2/c1-13(10-17-4-3-9-23-17)20-19(22)15-5-7-18(8-6-15)25-12-16-11-24-14(2)21-16/h3-9,11,13H,10,12H2,1-2H3,(H,20,22). The third kappa shape index (κ3) is 5.21. The van der Waals surface area contributed by atoms with Crippen molar-refractivity contribution < 1.29 is 9.21 Å². The number of hydrogen-bond acceptors (Lipinski definition) is 5. The number of benzene rings is 1. The number of nitrogens with zero attached hydrogens (tertiary/aromatic N) is 1. The number of nitrogens with one attached hydrogen (secondary N) is 1. The highest BCUT2D eigenvalue weighted by molar-refractivity contribution is 7.98. The van der Waals surface area contributed by atoms with E-state index in [0.717, 1.165) is 27.1 Å². The Kier molecular flexibility index (Phi) is 5.94. The number of aromatic nitrogens is 1. The number of amides is 1. The maximum absolute atomic E-state index is 12.3. The Morgan fingerprint density at radius 2 is 2.12 bits per heavy atom. The molecule has 6 heteroatoms. The molecule has 0 aliphatic rings. The van der Waals surface area contributed by atoms with Crippen molar-refractivity contribution in [2.75, 3.05) is 0 Å². The molecule has 0 bridgehead atoms. The van der Waals surface area contributed by atoms with E-state index in [2.05, 4.69) is 15.7 Å². The SMILES string of the molecule is Cc1nc(CSc2ccc(C(=O)NC(C)Cc3ccco3)cc2)cs1. The van der Waals surface area contributed by atoms with Crippen LogP contribution in [0.1, 0.15) is 33.7 Å². The molecule has 1 N–H and O–H groups in total. The number of thiazole rings is 1. The number of carbonyl (C=O) groups excluding carboxylic acids is 1. The summed E-state index contributed by atoms with van der Waals surface area (Å²) < 4.78 is 5.31. The Morgan fingerprint density at radius 1 is 1.32 bits per heavy atom. The first-order valence-corrected chi connectivity index (χ1v) is 9.94. The van der Waals surface area contributed by atoms with Gasteiger partial charge in [-0.15, -0.1) is 23.1 Å². The van der Waals surface area contributed by atoms with E-state index >= 15 is 0 Å². The summed E-state index contributed by atoms with van der Waals surface area (Å²) in [5, 5.41) is 6.18. The van der Waals surface area contributed by atoms with Gasteiger partial charge in [0.2, 0.25) is 0 Å². The van der Waals surface area contributed by atoms with Crippen molar-refractivity contribution in [1.82, 2.24) is 10.3 Å². The van der Waals surface area contributed by atoms with Gasteiger partial charge in [0.15, 0.2) is 0 Å². The van der Waals surface area contributed by atoms with Crippen molar-refractivity contribution in [3.63, 3.8) is 0 Å². The maximum Gasteiger partial charge on any atom is 0.251 e. The van der Waals surface area contributed by atoms with Crippen LogP contribution >= 0.6 is 23.1 Å². The topological polar surface area (TPSA) is 55.1 Å². The third-order valence-electron chi connectivity index (χ3n) is 3.63. The largest absolute Gasteiger partial charge is 0.469 e. The van der Waals surface area contributed by atoms with E-state index in [9.17, 15) is 4.79 Å². The van der Waals surface area contributed by atoms with Crippen molar-refractivity contribution in [2.45, 2.75) is 37.0 Å². The molecular formula is C19H20N2O2S2. The smallest absolute Gasteiger partial charge is 0.251 e. The molecule has 3 aromatic rings. The highest BCUT2D eigenvalue weighted by Gasteiger charge is 2.11. The quantitative estimate of drug-likeness (QED) is 0.611. The first-order chi connectivity index (χ1) is 12.1. The summed E-state index contributed by atoms with van der Waals surface area (Å²) in [7, 11) is 0. The van der Waals surface area contributed by atoms with Crippen LogP contribution < -0.4 is 5.32 Å². The molecule has 0 saturated carbocycles. The molecule has 2 aromatic heterocycles. The van der Waals surface area contributed by atoms with E-state index in [1.165, 1.54) is 0 Å². The van der Waals surface area contributed by atoms with Crippen LogP contribution in [-0.4, -0.2) is 16.9 Å². The van der Waals surface area contributed by atoms with Crippen LogP contribution in [0.2, 0.25) is 0 Å². The van der Waals surface area contributed by atoms with Gasteiger partial charge in [-0.25, -0.2) is 4.98 Å². The molecule has 0 aliphatic heterocycles. The van der Waals surface area contributed by atoms with Crippen molar-refractivity contribution in [3.8, 4) is 0 Å². The molecule has 0 saturated heterocycles. The van der Waals surface area contributed by atoms with Gasteiger partial charge in [-0.1, -0.05) is 0 Å². The molecule has 0 aliphatic carbocycles. The van der Waals surface area contributed by atoms with Gasteiger partial charge in [0.1, 0.15) is 5.76 Å². The van der Waals surface area contributed by atoms with Crippen LogP contribution in [0, 0.1) is 6.92 Å². The van der Waals surface area contributed by atoms with Gasteiger partial charge in [0, 0.05) is 34.1 Å². The van der Waals surface area contributed by atoms with E-state index in [4.69, 9.17) is 4.42 Å². The lowest BCUT2D eigenvalue weighted by Crippen LogP contribution is -2.33. The number of hydrogen-bond donors (Lipinski definition) is 1. The van der Waals surface area contributed by atoms with Gasteiger partial charge in [-0.2, -0.15) is 0 Å². The van der Waals surface area contributed by atoms with Crippen molar-refractivity contribution >= 4 is 29.0 Å². The lowest BCUT2D eigenvalue weighted by molar-refractivity contribution is 0.0939. The minimum atomic E-state index is -0.0641. The van der Waals surface area contributed by atoms with Crippen LogP contribution in [0.3, 0.4) is 0 Å². The van der Waals surface area contributed by atoms with Gasteiger partial charge >= 0.3 is 0 Å². The molecule has 25 heavy (non-hydrogen) atoms. The van der Waals surface area contributed by atoms with Crippen molar-refractivity contribution in [2.24, 2.45) is 0 Å². The Morgan fingerprint density at radius 3 is 2.76 bits per heavy atom. The normalized spacial score (nSPS) is 12.1. The highest BCUT2D eigenvalue weighted by atomic mass is 32.2. The molecule has 0 spiro atoms. The predicted octanol–water partition coefficient (Wildman–Crippen LogP) is 4.70. The van der Waals surface area contributed by atoms with E-state index in [1.54, 1.807) is 29.4 Å². The van der Waals surface area contributed by atoms with Crippen LogP contribution in [-0.2, 0) is 12.2 Å². The second kappa shape index (κ2) is 8.36. The second-order valence-corrected chi connectivity index (χ2v) is 7.94. The predicted molar refractivity (Wildman–Crippen MR) is 102 cm³/mol. The molecular weight excluding hydrogens is 352 g/mol.